The van der Waals surface area contributed by atoms with E-state index in [1.54, 1.807) is 6.07 Å². The van der Waals surface area contributed by atoms with E-state index in [2.05, 4.69) is 15.9 Å². The Hall–Kier alpha value is -3.38. The predicted octanol–water partition coefficient (Wildman–Crippen LogP) is 5.81. The molecule has 1 aromatic heterocycles. The quantitative estimate of drug-likeness (QED) is 0.241. The molecule has 5 nitrogen and oxygen atoms in total. The Balaban J connectivity index is 1.39. The molecule has 0 fully saturated rings. The average molecular weight is 492 g/mol. The van der Waals surface area contributed by atoms with Crippen LogP contribution in [0, 0.1) is 13.8 Å². The highest BCUT2D eigenvalue weighted by atomic mass is 79.9. The Bertz CT molecular complexity index is 1290. The highest BCUT2D eigenvalue weighted by Gasteiger charge is 2.18. The van der Waals surface area contributed by atoms with Crippen molar-refractivity contribution < 1.29 is 19.1 Å². The first-order valence-electron chi connectivity index (χ1n) is 10.2. The summed E-state index contributed by atoms with van der Waals surface area (Å²) >= 11 is 3.43. The first kappa shape index (κ1) is 21.8. The lowest BCUT2D eigenvalue weighted by Gasteiger charge is -2.10. The number of halogens is 1. The number of aryl methyl sites for hydroxylation is 1. The van der Waals surface area contributed by atoms with Crippen molar-refractivity contribution in [3.8, 4) is 11.4 Å². The molecule has 0 aliphatic heterocycles. The van der Waals surface area contributed by atoms with E-state index in [0.717, 1.165) is 32.3 Å². The zero-order valence-corrected chi connectivity index (χ0v) is 19.4. The van der Waals surface area contributed by atoms with Crippen LogP contribution in [0.1, 0.15) is 21.7 Å². The van der Waals surface area contributed by atoms with Crippen molar-refractivity contribution in [3.63, 3.8) is 0 Å². The lowest BCUT2D eigenvalue weighted by atomic mass is 10.1. The molecule has 6 heteroatoms. The molecular formula is C26H22BrNO4. The van der Waals surface area contributed by atoms with E-state index in [9.17, 15) is 9.59 Å². The van der Waals surface area contributed by atoms with Crippen LogP contribution in [0.4, 0.5) is 0 Å². The molecule has 0 aliphatic rings. The molecule has 0 bridgehead atoms. The third kappa shape index (κ3) is 4.60. The van der Waals surface area contributed by atoms with Crippen LogP contribution in [0.3, 0.4) is 0 Å². The summed E-state index contributed by atoms with van der Waals surface area (Å²) in [5, 5.41) is 1.94. The summed E-state index contributed by atoms with van der Waals surface area (Å²) in [7, 11) is 0. The van der Waals surface area contributed by atoms with Gasteiger partial charge in [0.2, 0.25) is 5.78 Å². The van der Waals surface area contributed by atoms with E-state index >= 15 is 0 Å². The Morgan fingerprint density at radius 3 is 2.41 bits per heavy atom. The molecule has 4 rings (SSSR count). The second-order valence-electron chi connectivity index (χ2n) is 7.45. The van der Waals surface area contributed by atoms with Crippen LogP contribution in [0.15, 0.2) is 77.3 Å². The highest BCUT2D eigenvalue weighted by Crippen LogP contribution is 2.25. The van der Waals surface area contributed by atoms with Crippen molar-refractivity contribution in [1.29, 1.82) is 0 Å². The summed E-state index contributed by atoms with van der Waals surface area (Å²) in [6.07, 6.45) is 0. The molecule has 0 radical (unpaired) electrons. The van der Waals surface area contributed by atoms with Crippen LogP contribution in [0.25, 0.3) is 16.5 Å². The van der Waals surface area contributed by atoms with Crippen LogP contribution >= 0.6 is 15.9 Å². The van der Waals surface area contributed by atoms with Gasteiger partial charge in [-0.2, -0.15) is 0 Å². The number of esters is 1. The van der Waals surface area contributed by atoms with Gasteiger partial charge in [0.1, 0.15) is 5.75 Å². The van der Waals surface area contributed by atoms with Gasteiger partial charge in [0.15, 0.2) is 13.2 Å². The Labute approximate surface area is 194 Å². The Kier molecular flexibility index (Phi) is 6.42. The van der Waals surface area contributed by atoms with E-state index in [4.69, 9.17) is 9.47 Å². The van der Waals surface area contributed by atoms with Crippen LogP contribution in [0.2, 0.25) is 0 Å². The van der Waals surface area contributed by atoms with Crippen molar-refractivity contribution in [2.75, 3.05) is 13.2 Å². The fourth-order valence-electron chi connectivity index (χ4n) is 3.76. The van der Waals surface area contributed by atoms with Crippen molar-refractivity contribution >= 4 is 38.5 Å². The Morgan fingerprint density at radius 2 is 1.62 bits per heavy atom. The average Bonchev–Trinajstić information content (AvgIpc) is 3.10. The zero-order valence-electron chi connectivity index (χ0n) is 17.8. The fraction of sp³-hybridized carbons (Fsp3) is 0.154. The summed E-state index contributed by atoms with van der Waals surface area (Å²) in [6, 6.07) is 23.1. The van der Waals surface area contributed by atoms with E-state index < -0.39 is 5.97 Å². The molecule has 4 aromatic rings. The number of rotatable bonds is 7. The lowest BCUT2D eigenvalue weighted by Crippen LogP contribution is -2.20. The van der Waals surface area contributed by atoms with Gasteiger partial charge in [-0.25, -0.2) is 4.79 Å². The van der Waals surface area contributed by atoms with Crippen molar-refractivity contribution in [3.05, 3.63) is 94.2 Å². The van der Waals surface area contributed by atoms with E-state index in [1.807, 2.05) is 85.1 Å². The predicted molar refractivity (Wildman–Crippen MR) is 128 cm³/mol. The van der Waals surface area contributed by atoms with Gasteiger partial charge in [0, 0.05) is 32.5 Å². The normalized spacial score (nSPS) is 10.8. The second-order valence-corrected chi connectivity index (χ2v) is 8.36. The number of fused-ring (bicyclic) bond motifs is 1. The van der Waals surface area contributed by atoms with E-state index in [-0.39, 0.29) is 19.0 Å². The van der Waals surface area contributed by atoms with Gasteiger partial charge in [-0.1, -0.05) is 52.3 Å². The first-order valence-corrected chi connectivity index (χ1v) is 11.0. The van der Waals surface area contributed by atoms with Gasteiger partial charge in [-0.3, -0.25) is 4.79 Å². The van der Waals surface area contributed by atoms with Gasteiger partial charge in [0.25, 0.3) is 0 Å². The van der Waals surface area contributed by atoms with Crippen molar-refractivity contribution in [2.24, 2.45) is 0 Å². The van der Waals surface area contributed by atoms with Crippen LogP contribution in [-0.2, 0) is 9.53 Å². The number of nitrogens with zero attached hydrogens (tertiary/aromatic N) is 1. The molecule has 162 valence electrons. The standard InChI is InChI=1S/C26H22BrNO4/c1-17-14-23(18(2)28(17)21-12-10-20(27)11-13-21)24(29)15-32-26(30)16-31-25-9-5-7-19-6-3-4-8-22(19)25/h3-14H,15-16H2,1-2H3. The molecule has 32 heavy (non-hydrogen) atoms. The molecule has 0 unspecified atom stereocenters. The number of ether oxygens (including phenoxy) is 2. The molecule has 1 heterocycles. The molecule has 0 atom stereocenters. The smallest absolute Gasteiger partial charge is 0.344 e. The lowest BCUT2D eigenvalue weighted by molar-refractivity contribution is -0.144. The topological polar surface area (TPSA) is 57.5 Å². The van der Waals surface area contributed by atoms with Gasteiger partial charge >= 0.3 is 5.97 Å². The maximum Gasteiger partial charge on any atom is 0.344 e. The fourth-order valence-corrected chi connectivity index (χ4v) is 4.02. The minimum absolute atomic E-state index is 0.250. The van der Waals surface area contributed by atoms with E-state index in [0.29, 0.717) is 11.3 Å². The molecule has 0 spiro atoms. The molecule has 0 saturated heterocycles. The van der Waals surface area contributed by atoms with Gasteiger partial charge in [0.05, 0.1) is 0 Å². The Morgan fingerprint density at radius 1 is 0.906 bits per heavy atom. The summed E-state index contributed by atoms with van der Waals surface area (Å²) in [6.45, 7) is 3.23. The minimum atomic E-state index is -0.590. The number of benzene rings is 3. The number of ketones is 1. The van der Waals surface area contributed by atoms with Crippen molar-refractivity contribution in [1.82, 2.24) is 4.57 Å². The van der Waals surface area contributed by atoms with Gasteiger partial charge in [-0.15, -0.1) is 0 Å². The van der Waals surface area contributed by atoms with Crippen molar-refractivity contribution in [2.45, 2.75) is 13.8 Å². The van der Waals surface area contributed by atoms with E-state index in [1.165, 1.54) is 0 Å². The highest BCUT2D eigenvalue weighted by molar-refractivity contribution is 9.10. The third-order valence-corrected chi connectivity index (χ3v) is 5.80. The summed E-state index contributed by atoms with van der Waals surface area (Å²) in [5.41, 5.74) is 3.23. The largest absolute Gasteiger partial charge is 0.481 e. The molecular weight excluding hydrogens is 470 g/mol. The molecule has 0 amide bonds. The summed E-state index contributed by atoms with van der Waals surface area (Å²) < 4.78 is 13.8. The SMILES string of the molecule is Cc1cc(C(=O)COC(=O)COc2cccc3ccccc23)c(C)n1-c1ccc(Br)cc1. The van der Waals surface area contributed by atoms with Crippen LogP contribution < -0.4 is 4.74 Å². The summed E-state index contributed by atoms with van der Waals surface area (Å²) in [4.78, 5) is 24.9. The molecule has 3 aromatic carbocycles. The number of aromatic nitrogens is 1. The minimum Gasteiger partial charge on any atom is -0.481 e. The maximum atomic E-state index is 12.7. The monoisotopic (exact) mass is 491 g/mol. The number of hydrogen-bond acceptors (Lipinski definition) is 4. The van der Waals surface area contributed by atoms with Gasteiger partial charge < -0.3 is 14.0 Å². The third-order valence-electron chi connectivity index (χ3n) is 5.28. The molecule has 0 N–H and O–H groups in total. The maximum absolute atomic E-state index is 12.7. The van der Waals surface area contributed by atoms with Crippen LogP contribution in [0.5, 0.6) is 5.75 Å². The number of Topliss-reactive ketones (excluding diaryl/α,β-unsaturated/α-hetero) is 1. The number of hydrogen-bond donors (Lipinski definition) is 0. The summed E-state index contributed by atoms with van der Waals surface area (Å²) in [5.74, 6) is -0.239. The number of carbonyl (C=O) groups is 2. The zero-order chi connectivity index (χ0) is 22.7. The van der Waals surface area contributed by atoms with Gasteiger partial charge in [-0.05, 0) is 55.6 Å². The first-order chi connectivity index (χ1) is 15.4. The second kappa shape index (κ2) is 9.40. The molecule has 0 saturated carbocycles. The van der Waals surface area contributed by atoms with Crippen LogP contribution in [-0.4, -0.2) is 29.5 Å². The molecule has 0 aliphatic carbocycles. The number of carbonyl (C=O) groups excluding carboxylic acids is 2.